The first kappa shape index (κ1) is 18.2. The maximum atomic E-state index is 6.05. The van der Waals surface area contributed by atoms with Gasteiger partial charge in [0.25, 0.3) is 0 Å². The fourth-order valence-corrected chi connectivity index (χ4v) is 4.32. The third-order valence-electron chi connectivity index (χ3n) is 5.80. The van der Waals surface area contributed by atoms with Crippen LogP contribution in [0.5, 0.6) is 0 Å². The van der Waals surface area contributed by atoms with Crippen molar-refractivity contribution in [2.24, 2.45) is 0 Å². The standard InChI is InChI=1S/C25H26N2O2/c1-3-4-5-6-7-8-9-23-27-25-20-11-10-19-17(18(20)13-15-22(25)29-23)12-14-21-24(19)26-16(2)28-21/h10-15H,3-9H2,1-2H3. The summed E-state index contributed by atoms with van der Waals surface area (Å²) in [5.74, 6) is 1.55. The molecule has 0 saturated carbocycles. The fourth-order valence-electron chi connectivity index (χ4n) is 4.32. The van der Waals surface area contributed by atoms with Gasteiger partial charge >= 0.3 is 0 Å². The Balaban J connectivity index is 1.50. The number of hydrogen-bond donors (Lipinski definition) is 0. The van der Waals surface area contributed by atoms with E-state index in [9.17, 15) is 0 Å². The number of aromatic nitrogens is 2. The molecule has 0 saturated heterocycles. The van der Waals surface area contributed by atoms with Gasteiger partial charge in [0.15, 0.2) is 22.9 Å². The molecule has 0 aliphatic rings. The first-order chi connectivity index (χ1) is 14.2. The van der Waals surface area contributed by atoms with Crippen molar-refractivity contribution >= 4 is 43.7 Å². The van der Waals surface area contributed by atoms with E-state index in [1.165, 1.54) is 42.9 Å². The largest absolute Gasteiger partial charge is 0.441 e. The molecule has 0 N–H and O–H groups in total. The highest BCUT2D eigenvalue weighted by atomic mass is 16.4. The lowest BCUT2D eigenvalue weighted by Gasteiger charge is -2.04. The molecule has 0 bridgehead atoms. The number of unbranched alkanes of at least 4 members (excludes halogenated alkanes) is 5. The van der Waals surface area contributed by atoms with Gasteiger partial charge in [-0.15, -0.1) is 0 Å². The lowest BCUT2D eigenvalue weighted by Crippen LogP contribution is -1.86. The molecule has 5 rings (SSSR count). The monoisotopic (exact) mass is 386 g/mol. The minimum atomic E-state index is 0.693. The molecule has 29 heavy (non-hydrogen) atoms. The number of aryl methyl sites for hydroxylation is 2. The second kappa shape index (κ2) is 7.51. The van der Waals surface area contributed by atoms with Crippen molar-refractivity contribution in [2.45, 2.75) is 58.8 Å². The molecule has 0 aliphatic carbocycles. The van der Waals surface area contributed by atoms with Crippen LogP contribution < -0.4 is 0 Å². The summed E-state index contributed by atoms with van der Waals surface area (Å²) in [7, 11) is 0. The molecule has 5 aromatic rings. The molecule has 0 atom stereocenters. The molecule has 3 aromatic carbocycles. The predicted molar refractivity (Wildman–Crippen MR) is 118 cm³/mol. The van der Waals surface area contributed by atoms with E-state index in [1.807, 2.05) is 19.1 Å². The minimum absolute atomic E-state index is 0.693. The lowest BCUT2D eigenvalue weighted by molar-refractivity contribution is 0.505. The van der Waals surface area contributed by atoms with E-state index in [1.54, 1.807) is 0 Å². The maximum absolute atomic E-state index is 6.05. The average molecular weight is 386 g/mol. The second-order valence-corrected chi connectivity index (χ2v) is 7.94. The summed E-state index contributed by atoms with van der Waals surface area (Å²) in [4.78, 5) is 9.42. The van der Waals surface area contributed by atoms with Crippen molar-refractivity contribution in [1.29, 1.82) is 0 Å². The number of benzene rings is 3. The van der Waals surface area contributed by atoms with Crippen molar-refractivity contribution < 1.29 is 8.83 Å². The Hall–Kier alpha value is -2.88. The lowest BCUT2D eigenvalue weighted by atomic mass is 10.0. The molecule has 0 amide bonds. The van der Waals surface area contributed by atoms with Gasteiger partial charge in [-0.25, -0.2) is 9.97 Å². The zero-order chi connectivity index (χ0) is 19.8. The molecule has 2 heterocycles. The Morgan fingerprint density at radius 1 is 0.655 bits per heavy atom. The van der Waals surface area contributed by atoms with Gasteiger partial charge in [0.1, 0.15) is 11.0 Å². The molecule has 2 aromatic heterocycles. The van der Waals surface area contributed by atoms with Crippen LogP contribution in [0.15, 0.2) is 45.2 Å². The summed E-state index contributed by atoms with van der Waals surface area (Å²) < 4.78 is 11.7. The first-order valence-corrected chi connectivity index (χ1v) is 10.8. The highest BCUT2D eigenvalue weighted by Gasteiger charge is 2.13. The number of rotatable bonds is 7. The van der Waals surface area contributed by atoms with E-state index in [0.29, 0.717) is 5.89 Å². The van der Waals surface area contributed by atoms with Crippen LogP contribution in [0.1, 0.15) is 57.2 Å². The van der Waals surface area contributed by atoms with Gasteiger partial charge in [0, 0.05) is 24.1 Å². The summed E-state index contributed by atoms with van der Waals surface area (Å²) in [6, 6.07) is 12.6. The Kier molecular flexibility index (Phi) is 4.70. The molecule has 148 valence electrons. The normalized spacial score (nSPS) is 12.1. The average Bonchev–Trinajstić information content (AvgIpc) is 3.32. The topological polar surface area (TPSA) is 52.1 Å². The molecular formula is C25H26N2O2. The molecule has 0 unspecified atom stereocenters. The van der Waals surface area contributed by atoms with E-state index in [0.717, 1.165) is 51.7 Å². The van der Waals surface area contributed by atoms with Crippen LogP contribution in [0, 0.1) is 6.92 Å². The van der Waals surface area contributed by atoms with Crippen LogP contribution in [0.4, 0.5) is 0 Å². The van der Waals surface area contributed by atoms with Crippen LogP contribution in [-0.4, -0.2) is 9.97 Å². The fraction of sp³-hybridized carbons (Fsp3) is 0.360. The van der Waals surface area contributed by atoms with Crippen molar-refractivity contribution in [3.8, 4) is 0 Å². The van der Waals surface area contributed by atoms with Crippen LogP contribution in [0.2, 0.25) is 0 Å². The van der Waals surface area contributed by atoms with E-state index >= 15 is 0 Å². The van der Waals surface area contributed by atoms with Gasteiger partial charge in [0.2, 0.25) is 0 Å². The molecule has 0 aliphatic heterocycles. The SMILES string of the molecule is CCCCCCCCc1nc2c(ccc3c4ccc5oc(C)nc5c4ccc32)o1. The number of hydrogen-bond acceptors (Lipinski definition) is 4. The smallest absolute Gasteiger partial charge is 0.195 e. The van der Waals surface area contributed by atoms with Gasteiger partial charge in [-0.2, -0.15) is 0 Å². The van der Waals surface area contributed by atoms with Crippen LogP contribution in [0.25, 0.3) is 43.7 Å². The summed E-state index contributed by atoms with van der Waals surface area (Å²) in [5.41, 5.74) is 3.59. The Morgan fingerprint density at radius 2 is 1.24 bits per heavy atom. The highest BCUT2D eigenvalue weighted by Crippen LogP contribution is 2.34. The predicted octanol–water partition coefficient (Wildman–Crippen LogP) is 7.49. The number of nitrogens with zero attached hydrogens (tertiary/aromatic N) is 2. The Labute approximate surface area is 169 Å². The van der Waals surface area contributed by atoms with Gasteiger partial charge in [-0.3, -0.25) is 0 Å². The molecule has 4 nitrogen and oxygen atoms in total. The van der Waals surface area contributed by atoms with Crippen LogP contribution >= 0.6 is 0 Å². The van der Waals surface area contributed by atoms with Crippen molar-refractivity contribution in [3.63, 3.8) is 0 Å². The Bertz CT molecular complexity index is 1310. The van der Waals surface area contributed by atoms with Crippen molar-refractivity contribution in [1.82, 2.24) is 9.97 Å². The Morgan fingerprint density at radius 3 is 1.97 bits per heavy atom. The second-order valence-electron chi connectivity index (χ2n) is 7.94. The van der Waals surface area contributed by atoms with E-state index in [4.69, 9.17) is 13.8 Å². The summed E-state index contributed by atoms with van der Waals surface area (Å²) in [6.45, 7) is 4.14. The first-order valence-electron chi connectivity index (χ1n) is 10.8. The summed E-state index contributed by atoms with van der Waals surface area (Å²) in [5, 5.41) is 4.59. The number of oxazole rings is 2. The highest BCUT2D eigenvalue weighted by molar-refractivity contribution is 6.19. The van der Waals surface area contributed by atoms with Crippen molar-refractivity contribution in [3.05, 3.63) is 48.2 Å². The maximum Gasteiger partial charge on any atom is 0.195 e. The third-order valence-corrected chi connectivity index (χ3v) is 5.80. The van der Waals surface area contributed by atoms with E-state index in [2.05, 4.69) is 36.2 Å². The molecule has 0 spiro atoms. The molecule has 4 heteroatoms. The van der Waals surface area contributed by atoms with Crippen molar-refractivity contribution in [2.75, 3.05) is 0 Å². The third kappa shape index (κ3) is 3.27. The van der Waals surface area contributed by atoms with E-state index < -0.39 is 0 Å². The zero-order valence-electron chi connectivity index (χ0n) is 17.1. The minimum Gasteiger partial charge on any atom is -0.441 e. The van der Waals surface area contributed by atoms with Gasteiger partial charge in [0.05, 0.1) is 0 Å². The molecular weight excluding hydrogens is 360 g/mol. The molecule has 0 fully saturated rings. The van der Waals surface area contributed by atoms with Gasteiger partial charge in [-0.1, -0.05) is 51.2 Å². The van der Waals surface area contributed by atoms with Gasteiger partial charge in [-0.05, 0) is 41.5 Å². The zero-order valence-corrected chi connectivity index (χ0v) is 17.1. The van der Waals surface area contributed by atoms with Crippen LogP contribution in [0.3, 0.4) is 0 Å². The van der Waals surface area contributed by atoms with E-state index in [-0.39, 0.29) is 0 Å². The summed E-state index contributed by atoms with van der Waals surface area (Å²) >= 11 is 0. The summed E-state index contributed by atoms with van der Waals surface area (Å²) in [6.07, 6.45) is 8.56. The molecule has 0 radical (unpaired) electrons. The number of fused-ring (bicyclic) bond motifs is 7. The van der Waals surface area contributed by atoms with Crippen LogP contribution in [-0.2, 0) is 6.42 Å². The quantitative estimate of drug-likeness (QED) is 0.215. The van der Waals surface area contributed by atoms with Gasteiger partial charge < -0.3 is 8.83 Å².